The van der Waals surface area contributed by atoms with Gasteiger partial charge in [0.2, 0.25) is 0 Å². The first-order valence-electron chi connectivity index (χ1n) is 5.01. The molecule has 1 unspecified atom stereocenters. The summed E-state index contributed by atoms with van der Waals surface area (Å²) in [4.78, 5) is 0. The Morgan fingerprint density at radius 2 is 2.13 bits per heavy atom. The van der Waals surface area contributed by atoms with Crippen molar-refractivity contribution in [2.24, 2.45) is 11.8 Å². The van der Waals surface area contributed by atoms with Crippen molar-refractivity contribution in [3.63, 3.8) is 0 Å². The number of allylic oxidation sites excluding steroid dienone is 1. The molecule has 0 heterocycles. The van der Waals surface area contributed by atoms with Crippen molar-refractivity contribution in [3.8, 4) is 0 Å². The SMILES string of the molecule is CC(C)C1CC=C(CS(=O)(=O)O)CC1.[NaH]. The van der Waals surface area contributed by atoms with Crippen LogP contribution in [0, 0.1) is 11.8 Å². The van der Waals surface area contributed by atoms with Crippen molar-refractivity contribution in [1.82, 2.24) is 0 Å². The molecule has 1 N–H and O–H groups in total. The van der Waals surface area contributed by atoms with Gasteiger partial charge in [-0.3, -0.25) is 4.55 Å². The van der Waals surface area contributed by atoms with Gasteiger partial charge in [-0.25, -0.2) is 0 Å². The van der Waals surface area contributed by atoms with Gasteiger partial charge in [0.25, 0.3) is 10.1 Å². The molecule has 84 valence electrons. The molecule has 0 radical (unpaired) electrons. The van der Waals surface area contributed by atoms with Crippen LogP contribution >= 0.6 is 0 Å². The van der Waals surface area contributed by atoms with E-state index < -0.39 is 10.1 Å². The van der Waals surface area contributed by atoms with E-state index in [9.17, 15) is 8.42 Å². The molecule has 1 atom stereocenters. The van der Waals surface area contributed by atoms with E-state index >= 15 is 0 Å². The van der Waals surface area contributed by atoms with Crippen LogP contribution in [0.4, 0.5) is 0 Å². The average molecular weight is 242 g/mol. The van der Waals surface area contributed by atoms with E-state index in [4.69, 9.17) is 4.55 Å². The van der Waals surface area contributed by atoms with Crippen LogP contribution in [0.2, 0.25) is 0 Å². The Bertz CT molecular complexity index is 320. The van der Waals surface area contributed by atoms with Gasteiger partial charge in [-0.15, -0.1) is 0 Å². The second-order valence-corrected chi connectivity index (χ2v) is 5.82. The van der Waals surface area contributed by atoms with Crippen LogP contribution in [-0.4, -0.2) is 48.3 Å². The molecule has 0 saturated carbocycles. The van der Waals surface area contributed by atoms with Crippen molar-refractivity contribution in [1.29, 1.82) is 0 Å². The van der Waals surface area contributed by atoms with Gasteiger partial charge in [0.05, 0.1) is 5.75 Å². The normalized spacial score (nSPS) is 22.1. The zero-order valence-corrected chi connectivity index (χ0v) is 9.55. The van der Waals surface area contributed by atoms with Crippen molar-refractivity contribution in [2.45, 2.75) is 33.1 Å². The molecule has 0 aromatic carbocycles. The first-order valence-corrected chi connectivity index (χ1v) is 6.62. The van der Waals surface area contributed by atoms with Crippen LogP contribution < -0.4 is 0 Å². The van der Waals surface area contributed by atoms with Crippen LogP contribution in [0.1, 0.15) is 33.1 Å². The third-order valence-electron chi connectivity index (χ3n) is 2.86. The Kier molecular flexibility index (Phi) is 6.68. The molecular formula is C10H19NaO3S. The van der Waals surface area contributed by atoms with E-state index in [1.807, 2.05) is 6.08 Å². The second-order valence-electron chi connectivity index (χ2n) is 4.37. The molecule has 1 rings (SSSR count). The number of rotatable bonds is 3. The molecule has 0 aromatic heterocycles. The molecule has 3 nitrogen and oxygen atoms in total. The minimum absolute atomic E-state index is 0. The standard InChI is InChI=1S/C10H18O3S.Na.H/c1-8(2)10-5-3-9(4-6-10)7-14(11,12)13;;/h3,8,10H,4-7H2,1-2H3,(H,11,12,13);;. The van der Waals surface area contributed by atoms with E-state index in [1.165, 1.54) is 0 Å². The third kappa shape index (κ3) is 6.07. The number of hydrogen-bond donors (Lipinski definition) is 1. The molecule has 0 saturated heterocycles. The molecule has 0 amide bonds. The molecule has 0 fully saturated rings. The maximum atomic E-state index is 10.6. The first kappa shape index (κ1) is 15.7. The van der Waals surface area contributed by atoms with Crippen molar-refractivity contribution in [3.05, 3.63) is 11.6 Å². The Balaban J connectivity index is 0.00000196. The van der Waals surface area contributed by atoms with Gasteiger partial charge < -0.3 is 0 Å². The summed E-state index contributed by atoms with van der Waals surface area (Å²) in [6.07, 6.45) is 4.77. The van der Waals surface area contributed by atoms with E-state index in [0.29, 0.717) is 11.8 Å². The molecular weight excluding hydrogens is 223 g/mol. The van der Waals surface area contributed by atoms with Gasteiger partial charge in [-0.2, -0.15) is 8.42 Å². The molecule has 15 heavy (non-hydrogen) atoms. The molecule has 0 aliphatic heterocycles. The van der Waals surface area contributed by atoms with Crippen LogP contribution in [0.3, 0.4) is 0 Å². The van der Waals surface area contributed by atoms with E-state index in [2.05, 4.69) is 13.8 Å². The Morgan fingerprint density at radius 3 is 2.47 bits per heavy atom. The molecule has 0 spiro atoms. The topological polar surface area (TPSA) is 54.4 Å². The third-order valence-corrected chi connectivity index (χ3v) is 3.59. The predicted molar refractivity (Wildman–Crippen MR) is 63.8 cm³/mol. The van der Waals surface area contributed by atoms with Gasteiger partial charge in [0.15, 0.2) is 0 Å². The summed E-state index contributed by atoms with van der Waals surface area (Å²) in [5, 5.41) is 0. The summed E-state index contributed by atoms with van der Waals surface area (Å²) in [5.74, 6) is 1.14. The van der Waals surface area contributed by atoms with Crippen molar-refractivity contribution >= 4 is 39.7 Å². The van der Waals surface area contributed by atoms with Gasteiger partial charge in [-0.1, -0.05) is 25.5 Å². The quantitative estimate of drug-likeness (QED) is 0.465. The summed E-state index contributed by atoms with van der Waals surface area (Å²) in [7, 11) is -3.83. The molecule has 0 aromatic rings. The minimum atomic E-state index is -3.83. The Labute approximate surface area is 114 Å². The maximum absolute atomic E-state index is 10.6. The summed E-state index contributed by atoms with van der Waals surface area (Å²) < 4.78 is 29.9. The second kappa shape index (κ2) is 6.40. The fraction of sp³-hybridized carbons (Fsp3) is 0.800. The molecule has 1 aliphatic carbocycles. The summed E-state index contributed by atoms with van der Waals surface area (Å²) in [5.41, 5.74) is 0.865. The Morgan fingerprint density at radius 1 is 1.53 bits per heavy atom. The fourth-order valence-electron chi connectivity index (χ4n) is 1.88. The van der Waals surface area contributed by atoms with Gasteiger partial charge >= 0.3 is 29.6 Å². The molecule has 5 heteroatoms. The van der Waals surface area contributed by atoms with Gasteiger partial charge in [0, 0.05) is 0 Å². The van der Waals surface area contributed by atoms with Gasteiger partial charge in [-0.05, 0) is 31.1 Å². The van der Waals surface area contributed by atoms with Crippen LogP contribution in [0.25, 0.3) is 0 Å². The van der Waals surface area contributed by atoms with Crippen molar-refractivity contribution < 1.29 is 13.0 Å². The first-order chi connectivity index (χ1) is 6.38. The fourth-order valence-corrected chi connectivity index (χ4v) is 2.61. The molecule has 0 bridgehead atoms. The zero-order chi connectivity index (χ0) is 10.8. The van der Waals surface area contributed by atoms with Gasteiger partial charge in [0.1, 0.15) is 0 Å². The number of hydrogen-bond acceptors (Lipinski definition) is 2. The molecule has 1 aliphatic rings. The summed E-state index contributed by atoms with van der Waals surface area (Å²) >= 11 is 0. The van der Waals surface area contributed by atoms with E-state index in [-0.39, 0.29) is 35.3 Å². The average Bonchev–Trinajstić information content (AvgIpc) is 2.02. The summed E-state index contributed by atoms with van der Waals surface area (Å²) in [6, 6.07) is 0. The summed E-state index contributed by atoms with van der Waals surface area (Å²) in [6.45, 7) is 4.37. The Hall–Kier alpha value is 0.650. The van der Waals surface area contributed by atoms with Crippen LogP contribution in [0.15, 0.2) is 11.6 Å². The van der Waals surface area contributed by atoms with E-state index in [0.717, 1.165) is 24.8 Å². The van der Waals surface area contributed by atoms with Crippen molar-refractivity contribution in [2.75, 3.05) is 5.75 Å². The van der Waals surface area contributed by atoms with E-state index in [1.54, 1.807) is 0 Å². The zero-order valence-electron chi connectivity index (χ0n) is 8.73. The van der Waals surface area contributed by atoms with Crippen LogP contribution in [0.5, 0.6) is 0 Å². The monoisotopic (exact) mass is 242 g/mol. The predicted octanol–water partition coefficient (Wildman–Crippen LogP) is 1.61. The van der Waals surface area contributed by atoms with Crippen LogP contribution in [-0.2, 0) is 10.1 Å².